The maximum absolute atomic E-state index is 5.50. The van der Waals surface area contributed by atoms with E-state index in [9.17, 15) is 0 Å². The molecule has 0 atom stereocenters. The highest BCUT2D eigenvalue weighted by molar-refractivity contribution is 9.10. The molecular formula is C13H14BrNO. The molecule has 1 aliphatic carbocycles. The number of halogens is 1. The average molecular weight is 280 g/mol. The van der Waals surface area contributed by atoms with Crippen molar-refractivity contribution in [3.8, 4) is 18.1 Å². The lowest BCUT2D eigenvalue weighted by atomic mass is 10.2. The van der Waals surface area contributed by atoms with Gasteiger partial charge in [-0.3, -0.25) is 0 Å². The van der Waals surface area contributed by atoms with Crippen molar-refractivity contribution in [2.75, 3.05) is 6.61 Å². The lowest BCUT2D eigenvalue weighted by molar-refractivity contribution is 0.364. The second-order valence-electron chi connectivity index (χ2n) is 3.90. The molecule has 0 amide bonds. The molecule has 0 spiro atoms. The predicted molar refractivity (Wildman–Crippen MR) is 68.3 cm³/mol. The van der Waals surface area contributed by atoms with Gasteiger partial charge in [-0.15, -0.1) is 6.42 Å². The van der Waals surface area contributed by atoms with Gasteiger partial charge < -0.3 is 10.1 Å². The van der Waals surface area contributed by atoms with Gasteiger partial charge in [0.05, 0.1) is 0 Å². The Kier molecular flexibility index (Phi) is 3.87. The summed E-state index contributed by atoms with van der Waals surface area (Å²) in [6.07, 6.45) is 7.76. The smallest absolute Gasteiger partial charge is 0.148 e. The SMILES string of the molecule is C#CCOc1ccc(Br)cc1CNC1CC1. The monoisotopic (exact) mass is 279 g/mol. The second-order valence-corrected chi connectivity index (χ2v) is 4.82. The number of terminal acetylenes is 1. The Hall–Kier alpha value is -0.980. The summed E-state index contributed by atoms with van der Waals surface area (Å²) in [4.78, 5) is 0. The van der Waals surface area contributed by atoms with Crippen LogP contribution in [0.2, 0.25) is 0 Å². The molecule has 0 aromatic heterocycles. The summed E-state index contributed by atoms with van der Waals surface area (Å²) in [5, 5.41) is 3.46. The third kappa shape index (κ3) is 3.26. The number of hydrogen-bond donors (Lipinski definition) is 1. The first-order chi connectivity index (χ1) is 7.79. The summed E-state index contributed by atoms with van der Waals surface area (Å²) in [6.45, 7) is 1.15. The van der Waals surface area contributed by atoms with Gasteiger partial charge in [0.1, 0.15) is 12.4 Å². The van der Waals surface area contributed by atoms with Gasteiger partial charge >= 0.3 is 0 Å². The Morgan fingerprint density at radius 2 is 2.31 bits per heavy atom. The van der Waals surface area contributed by atoms with E-state index in [2.05, 4.69) is 33.2 Å². The van der Waals surface area contributed by atoms with Crippen LogP contribution in [0, 0.1) is 12.3 Å². The van der Waals surface area contributed by atoms with E-state index in [0.717, 1.165) is 22.3 Å². The number of ether oxygens (including phenoxy) is 1. The minimum atomic E-state index is 0.318. The normalized spacial score (nSPS) is 14.5. The van der Waals surface area contributed by atoms with Crippen molar-refractivity contribution in [3.63, 3.8) is 0 Å². The van der Waals surface area contributed by atoms with Gasteiger partial charge in [-0.05, 0) is 31.0 Å². The molecule has 0 saturated heterocycles. The Balaban J connectivity index is 2.04. The van der Waals surface area contributed by atoms with Crippen LogP contribution in [0.25, 0.3) is 0 Å². The molecule has 1 aromatic rings. The van der Waals surface area contributed by atoms with Crippen LogP contribution in [0.5, 0.6) is 5.75 Å². The summed E-state index contributed by atoms with van der Waals surface area (Å²) in [7, 11) is 0. The highest BCUT2D eigenvalue weighted by Gasteiger charge is 2.20. The maximum atomic E-state index is 5.50. The van der Waals surface area contributed by atoms with Crippen molar-refractivity contribution in [1.29, 1.82) is 0 Å². The van der Waals surface area contributed by atoms with Gasteiger partial charge in [-0.25, -0.2) is 0 Å². The minimum absolute atomic E-state index is 0.318. The van der Waals surface area contributed by atoms with Crippen LogP contribution in [0.1, 0.15) is 18.4 Å². The number of hydrogen-bond acceptors (Lipinski definition) is 2. The Labute approximate surface area is 105 Å². The van der Waals surface area contributed by atoms with E-state index >= 15 is 0 Å². The van der Waals surface area contributed by atoms with E-state index in [0.29, 0.717) is 12.6 Å². The summed E-state index contributed by atoms with van der Waals surface area (Å²) < 4.78 is 6.56. The van der Waals surface area contributed by atoms with Gasteiger partial charge in [0, 0.05) is 22.6 Å². The van der Waals surface area contributed by atoms with Crippen molar-refractivity contribution in [2.45, 2.75) is 25.4 Å². The largest absolute Gasteiger partial charge is 0.481 e. The van der Waals surface area contributed by atoms with E-state index < -0.39 is 0 Å². The fourth-order valence-corrected chi connectivity index (χ4v) is 1.90. The third-order valence-corrected chi connectivity index (χ3v) is 2.99. The van der Waals surface area contributed by atoms with Crippen LogP contribution in [0.15, 0.2) is 22.7 Å². The highest BCUT2D eigenvalue weighted by atomic mass is 79.9. The first-order valence-electron chi connectivity index (χ1n) is 5.37. The minimum Gasteiger partial charge on any atom is -0.481 e. The van der Waals surface area contributed by atoms with Gasteiger partial charge in [-0.1, -0.05) is 21.9 Å². The molecule has 1 fully saturated rings. The van der Waals surface area contributed by atoms with Gasteiger partial charge in [-0.2, -0.15) is 0 Å². The predicted octanol–water partition coefficient (Wildman–Crippen LogP) is 2.71. The summed E-state index contributed by atoms with van der Waals surface area (Å²) >= 11 is 3.46. The molecule has 0 aliphatic heterocycles. The van der Waals surface area contributed by atoms with E-state index in [4.69, 9.17) is 11.2 Å². The summed E-state index contributed by atoms with van der Waals surface area (Å²) in [5.41, 5.74) is 1.15. The molecule has 1 N–H and O–H groups in total. The van der Waals surface area contributed by atoms with Crippen molar-refractivity contribution in [1.82, 2.24) is 5.32 Å². The average Bonchev–Trinajstić information content (AvgIpc) is 3.09. The van der Waals surface area contributed by atoms with Crippen LogP contribution < -0.4 is 10.1 Å². The van der Waals surface area contributed by atoms with Crippen molar-refractivity contribution in [2.24, 2.45) is 0 Å². The molecule has 2 rings (SSSR count). The summed E-state index contributed by atoms with van der Waals surface area (Å²) in [5.74, 6) is 3.35. The van der Waals surface area contributed by atoms with E-state index in [1.807, 2.05) is 12.1 Å². The number of nitrogens with one attached hydrogen (secondary N) is 1. The third-order valence-electron chi connectivity index (χ3n) is 2.49. The van der Waals surface area contributed by atoms with Crippen LogP contribution in [-0.2, 0) is 6.54 Å². The molecule has 1 saturated carbocycles. The first kappa shape index (κ1) is 11.5. The molecule has 84 valence electrons. The molecule has 3 heteroatoms. The van der Waals surface area contributed by atoms with Crippen LogP contribution in [0.4, 0.5) is 0 Å². The van der Waals surface area contributed by atoms with E-state index in [1.165, 1.54) is 12.8 Å². The number of rotatable bonds is 5. The quantitative estimate of drug-likeness (QED) is 0.837. The Morgan fingerprint density at radius 1 is 1.50 bits per heavy atom. The Morgan fingerprint density at radius 3 is 3.00 bits per heavy atom. The van der Waals surface area contributed by atoms with Crippen LogP contribution >= 0.6 is 15.9 Å². The number of benzene rings is 1. The summed E-state index contributed by atoms with van der Waals surface area (Å²) in [6, 6.07) is 6.68. The zero-order chi connectivity index (χ0) is 11.4. The van der Waals surface area contributed by atoms with Gasteiger partial charge in [0.2, 0.25) is 0 Å². The fraction of sp³-hybridized carbons (Fsp3) is 0.385. The van der Waals surface area contributed by atoms with Crippen molar-refractivity contribution >= 4 is 15.9 Å². The van der Waals surface area contributed by atoms with Crippen LogP contribution in [0.3, 0.4) is 0 Å². The standard InChI is InChI=1S/C13H14BrNO/c1-2-7-16-13-6-3-11(14)8-10(13)9-15-12-4-5-12/h1,3,6,8,12,15H,4-5,7,9H2. The lowest BCUT2D eigenvalue weighted by Crippen LogP contribution is -2.16. The lowest BCUT2D eigenvalue weighted by Gasteiger charge is -2.10. The van der Waals surface area contributed by atoms with E-state index in [1.54, 1.807) is 0 Å². The first-order valence-corrected chi connectivity index (χ1v) is 6.17. The van der Waals surface area contributed by atoms with Gasteiger partial charge in [0.25, 0.3) is 0 Å². The van der Waals surface area contributed by atoms with Crippen LogP contribution in [-0.4, -0.2) is 12.6 Å². The highest BCUT2D eigenvalue weighted by Crippen LogP contribution is 2.25. The fourth-order valence-electron chi connectivity index (χ4n) is 1.49. The molecule has 1 aromatic carbocycles. The zero-order valence-corrected chi connectivity index (χ0v) is 10.6. The molecule has 0 radical (unpaired) electrons. The molecular weight excluding hydrogens is 266 g/mol. The topological polar surface area (TPSA) is 21.3 Å². The molecule has 2 nitrogen and oxygen atoms in total. The van der Waals surface area contributed by atoms with E-state index in [-0.39, 0.29) is 0 Å². The second kappa shape index (κ2) is 5.38. The molecule has 1 aliphatic rings. The zero-order valence-electron chi connectivity index (χ0n) is 9.00. The Bertz CT molecular complexity index is 407. The maximum Gasteiger partial charge on any atom is 0.148 e. The van der Waals surface area contributed by atoms with Crippen molar-refractivity contribution < 1.29 is 4.74 Å². The molecule has 0 bridgehead atoms. The molecule has 0 heterocycles. The van der Waals surface area contributed by atoms with Gasteiger partial charge in [0.15, 0.2) is 0 Å². The molecule has 0 unspecified atom stereocenters. The molecule has 16 heavy (non-hydrogen) atoms. The van der Waals surface area contributed by atoms with Crippen molar-refractivity contribution in [3.05, 3.63) is 28.2 Å².